The highest BCUT2D eigenvalue weighted by Crippen LogP contribution is 2.26. The van der Waals surface area contributed by atoms with Gasteiger partial charge in [-0.25, -0.2) is 4.79 Å². The van der Waals surface area contributed by atoms with Gasteiger partial charge in [0.25, 0.3) is 0 Å². The number of ether oxygens (including phenoxy) is 1. The molecule has 1 atom stereocenters. The number of esters is 1. The van der Waals surface area contributed by atoms with E-state index in [2.05, 4.69) is 5.10 Å². The Kier molecular flexibility index (Phi) is 4.98. The molecule has 112 valence electrons. The van der Waals surface area contributed by atoms with E-state index in [1.807, 2.05) is 37.4 Å². The Morgan fingerprint density at radius 3 is 2.81 bits per heavy atom. The number of benzene rings is 1. The Morgan fingerprint density at radius 1 is 1.38 bits per heavy atom. The van der Waals surface area contributed by atoms with Crippen LogP contribution in [0.15, 0.2) is 36.7 Å². The van der Waals surface area contributed by atoms with Crippen LogP contribution in [0.3, 0.4) is 0 Å². The molecule has 1 heterocycles. The highest BCUT2D eigenvalue weighted by atomic mass is 16.5. The van der Waals surface area contributed by atoms with Crippen molar-refractivity contribution in [2.75, 3.05) is 12.3 Å². The summed E-state index contributed by atoms with van der Waals surface area (Å²) < 4.78 is 6.80. The van der Waals surface area contributed by atoms with Crippen molar-refractivity contribution in [2.45, 2.75) is 32.7 Å². The van der Waals surface area contributed by atoms with Gasteiger partial charge in [-0.15, -0.1) is 0 Å². The van der Waals surface area contributed by atoms with E-state index in [4.69, 9.17) is 10.5 Å². The molecule has 0 aliphatic heterocycles. The van der Waals surface area contributed by atoms with Crippen molar-refractivity contribution in [1.82, 2.24) is 9.78 Å². The summed E-state index contributed by atoms with van der Waals surface area (Å²) in [5, 5.41) is 4.32. The Balaban J connectivity index is 2.28. The minimum atomic E-state index is -0.381. The molecule has 0 radical (unpaired) electrons. The van der Waals surface area contributed by atoms with E-state index >= 15 is 0 Å². The lowest BCUT2D eigenvalue weighted by atomic mass is 10.1. The van der Waals surface area contributed by atoms with Crippen LogP contribution in [-0.4, -0.2) is 22.4 Å². The van der Waals surface area contributed by atoms with Crippen LogP contribution in [0.25, 0.3) is 11.1 Å². The van der Waals surface area contributed by atoms with Crippen molar-refractivity contribution < 1.29 is 9.53 Å². The fourth-order valence-corrected chi connectivity index (χ4v) is 2.28. The summed E-state index contributed by atoms with van der Waals surface area (Å²) in [5.41, 5.74) is 8.49. The fraction of sp³-hybridized carbons (Fsp3) is 0.375. The van der Waals surface area contributed by atoms with Crippen LogP contribution < -0.4 is 5.73 Å². The Hall–Kier alpha value is -2.30. The first-order valence-electron chi connectivity index (χ1n) is 7.23. The summed E-state index contributed by atoms with van der Waals surface area (Å²) in [6.45, 7) is 4.21. The largest absolute Gasteiger partial charge is 0.464 e. The Bertz CT molecular complexity index is 607. The van der Waals surface area contributed by atoms with Gasteiger partial charge in [-0.2, -0.15) is 5.10 Å². The molecule has 0 saturated carbocycles. The van der Waals surface area contributed by atoms with E-state index in [1.165, 1.54) is 0 Å². The summed E-state index contributed by atoms with van der Waals surface area (Å²) in [6.07, 6.45) is 5.16. The van der Waals surface area contributed by atoms with Crippen LogP contribution >= 0.6 is 0 Å². The van der Waals surface area contributed by atoms with Crippen molar-refractivity contribution in [3.8, 4) is 11.1 Å². The quantitative estimate of drug-likeness (QED) is 0.655. The van der Waals surface area contributed by atoms with Gasteiger partial charge >= 0.3 is 5.97 Å². The van der Waals surface area contributed by atoms with Gasteiger partial charge in [0.2, 0.25) is 0 Å². The monoisotopic (exact) mass is 287 g/mol. The smallest absolute Gasteiger partial charge is 0.330 e. The van der Waals surface area contributed by atoms with E-state index in [-0.39, 0.29) is 12.0 Å². The molecule has 0 fully saturated rings. The number of hydrogen-bond donors (Lipinski definition) is 1. The average molecular weight is 287 g/mol. The first kappa shape index (κ1) is 15.1. The molecule has 0 spiro atoms. The molecule has 1 aromatic heterocycles. The molecule has 0 saturated heterocycles. The van der Waals surface area contributed by atoms with Gasteiger partial charge in [-0.1, -0.05) is 31.5 Å². The van der Waals surface area contributed by atoms with Crippen LogP contribution in [0.1, 0.15) is 32.7 Å². The van der Waals surface area contributed by atoms with E-state index in [9.17, 15) is 4.79 Å². The van der Waals surface area contributed by atoms with Crippen molar-refractivity contribution in [1.29, 1.82) is 0 Å². The number of rotatable bonds is 6. The molecule has 5 nitrogen and oxygen atoms in total. The van der Waals surface area contributed by atoms with Crippen LogP contribution in [0, 0.1) is 0 Å². The first-order chi connectivity index (χ1) is 10.2. The number of carbonyl (C=O) groups excluding carboxylic acids is 1. The second-order valence-corrected chi connectivity index (χ2v) is 4.85. The van der Waals surface area contributed by atoms with E-state index in [0.29, 0.717) is 18.7 Å². The molecule has 0 amide bonds. The molecule has 21 heavy (non-hydrogen) atoms. The molecule has 2 N–H and O–H groups in total. The SMILES string of the molecule is CCCC(C(=O)OCC)n1cc(-c2ccccc2N)cn1. The zero-order valence-electron chi connectivity index (χ0n) is 12.5. The molecule has 0 aliphatic rings. The average Bonchev–Trinajstić information content (AvgIpc) is 2.94. The third-order valence-electron chi connectivity index (χ3n) is 3.31. The molecule has 2 aromatic rings. The summed E-state index contributed by atoms with van der Waals surface area (Å²) >= 11 is 0. The predicted molar refractivity (Wildman–Crippen MR) is 82.7 cm³/mol. The number of para-hydroxylation sites is 1. The van der Waals surface area contributed by atoms with Crippen molar-refractivity contribution in [3.05, 3.63) is 36.7 Å². The number of hydrogen-bond acceptors (Lipinski definition) is 4. The number of nitrogens with zero attached hydrogens (tertiary/aromatic N) is 2. The molecule has 0 bridgehead atoms. The highest BCUT2D eigenvalue weighted by Gasteiger charge is 2.22. The Morgan fingerprint density at radius 2 is 2.14 bits per heavy atom. The van der Waals surface area contributed by atoms with Gasteiger partial charge in [-0.3, -0.25) is 4.68 Å². The van der Waals surface area contributed by atoms with Crippen LogP contribution in [0.5, 0.6) is 0 Å². The zero-order chi connectivity index (χ0) is 15.2. The van der Waals surface area contributed by atoms with E-state index < -0.39 is 0 Å². The van der Waals surface area contributed by atoms with Gasteiger partial charge in [0.05, 0.1) is 12.8 Å². The predicted octanol–water partition coefficient (Wildman–Crippen LogP) is 3.04. The van der Waals surface area contributed by atoms with Crippen LogP contribution in [0.2, 0.25) is 0 Å². The first-order valence-corrected chi connectivity index (χ1v) is 7.23. The summed E-state index contributed by atoms with van der Waals surface area (Å²) in [4.78, 5) is 12.0. The van der Waals surface area contributed by atoms with Crippen LogP contribution in [-0.2, 0) is 9.53 Å². The normalized spacial score (nSPS) is 12.1. The maximum absolute atomic E-state index is 12.0. The lowest BCUT2D eigenvalue weighted by Crippen LogP contribution is -2.22. The van der Waals surface area contributed by atoms with Gasteiger partial charge in [-0.05, 0) is 19.4 Å². The van der Waals surface area contributed by atoms with Crippen LogP contribution in [0.4, 0.5) is 5.69 Å². The second-order valence-electron chi connectivity index (χ2n) is 4.85. The fourth-order valence-electron chi connectivity index (χ4n) is 2.28. The van der Waals surface area contributed by atoms with Gasteiger partial charge < -0.3 is 10.5 Å². The molecule has 1 aromatic carbocycles. The maximum atomic E-state index is 12.0. The molecular formula is C16H21N3O2. The van der Waals surface area contributed by atoms with Crippen molar-refractivity contribution in [2.24, 2.45) is 0 Å². The minimum Gasteiger partial charge on any atom is -0.464 e. The third-order valence-corrected chi connectivity index (χ3v) is 3.31. The summed E-state index contributed by atoms with van der Waals surface area (Å²) in [7, 11) is 0. The minimum absolute atomic E-state index is 0.241. The molecule has 5 heteroatoms. The molecular weight excluding hydrogens is 266 g/mol. The summed E-state index contributed by atoms with van der Waals surface area (Å²) in [5.74, 6) is -0.241. The van der Waals surface area contributed by atoms with Crippen molar-refractivity contribution in [3.63, 3.8) is 0 Å². The number of nitrogen functional groups attached to an aromatic ring is 1. The number of aromatic nitrogens is 2. The van der Waals surface area contributed by atoms with Crippen molar-refractivity contribution >= 4 is 11.7 Å². The lowest BCUT2D eigenvalue weighted by molar-refractivity contribution is -0.147. The van der Waals surface area contributed by atoms with E-state index in [0.717, 1.165) is 17.5 Å². The molecule has 0 aliphatic carbocycles. The Labute approximate surface area is 124 Å². The highest BCUT2D eigenvalue weighted by molar-refractivity contribution is 5.77. The van der Waals surface area contributed by atoms with E-state index in [1.54, 1.807) is 17.8 Å². The van der Waals surface area contributed by atoms with Gasteiger partial charge in [0.1, 0.15) is 6.04 Å². The molecule has 2 rings (SSSR count). The number of anilines is 1. The van der Waals surface area contributed by atoms with Gasteiger partial charge in [0.15, 0.2) is 0 Å². The standard InChI is InChI=1S/C16H21N3O2/c1-3-7-15(16(20)21-4-2)19-11-12(10-18-19)13-8-5-6-9-14(13)17/h5-6,8-11,15H,3-4,7,17H2,1-2H3. The zero-order valence-corrected chi connectivity index (χ0v) is 12.5. The second kappa shape index (κ2) is 6.92. The number of carbonyl (C=O) groups is 1. The third kappa shape index (κ3) is 3.42. The summed E-state index contributed by atoms with van der Waals surface area (Å²) in [6, 6.07) is 7.23. The maximum Gasteiger partial charge on any atom is 0.330 e. The van der Waals surface area contributed by atoms with Gasteiger partial charge in [0, 0.05) is 23.0 Å². The molecule has 1 unspecified atom stereocenters. The lowest BCUT2D eigenvalue weighted by Gasteiger charge is -2.15. The topological polar surface area (TPSA) is 70.1 Å². The number of nitrogens with two attached hydrogens (primary N) is 1.